The van der Waals surface area contributed by atoms with Crippen molar-refractivity contribution in [2.45, 2.75) is 19.5 Å². The van der Waals surface area contributed by atoms with E-state index in [-0.39, 0.29) is 24.0 Å². The molecular formula is C20H28ClIN4. The summed E-state index contributed by atoms with van der Waals surface area (Å²) in [5, 5.41) is 7.46. The predicted molar refractivity (Wildman–Crippen MR) is 123 cm³/mol. The van der Waals surface area contributed by atoms with E-state index in [4.69, 9.17) is 11.6 Å². The lowest BCUT2D eigenvalue weighted by atomic mass is 10.1. The summed E-state index contributed by atoms with van der Waals surface area (Å²) in [6, 6.07) is 16.6. The van der Waals surface area contributed by atoms with E-state index < -0.39 is 0 Å². The van der Waals surface area contributed by atoms with Gasteiger partial charge in [0.25, 0.3) is 0 Å². The van der Waals surface area contributed by atoms with Gasteiger partial charge in [-0.1, -0.05) is 48.0 Å². The number of guanidine groups is 1. The standard InChI is InChI=1S/C20H27ClN4.HI/c1-22-20(23-13-12-16-8-10-19(21)11-9-16)24-14-17-4-6-18(7-5-17)15-25(2)3;/h4-11H,12-15H2,1-3H3,(H2,22,23,24);1H. The van der Waals surface area contributed by atoms with Gasteiger partial charge >= 0.3 is 0 Å². The third kappa shape index (κ3) is 8.38. The van der Waals surface area contributed by atoms with Gasteiger partial charge in [-0.3, -0.25) is 4.99 Å². The Morgan fingerprint density at radius 1 is 0.923 bits per heavy atom. The van der Waals surface area contributed by atoms with Gasteiger partial charge < -0.3 is 15.5 Å². The average molecular weight is 487 g/mol. The molecule has 0 fully saturated rings. The van der Waals surface area contributed by atoms with Crippen molar-refractivity contribution in [1.82, 2.24) is 15.5 Å². The molecule has 0 atom stereocenters. The first-order valence-electron chi connectivity index (χ1n) is 8.48. The zero-order valence-electron chi connectivity index (χ0n) is 15.6. The maximum Gasteiger partial charge on any atom is 0.191 e. The van der Waals surface area contributed by atoms with Crippen LogP contribution in [0.2, 0.25) is 5.02 Å². The first-order valence-corrected chi connectivity index (χ1v) is 8.86. The third-order valence-electron chi connectivity index (χ3n) is 3.82. The summed E-state index contributed by atoms with van der Waals surface area (Å²) >= 11 is 5.91. The monoisotopic (exact) mass is 486 g/mol. The molecule has 2 rings (SSSR count). The van der Waals surface area contributed by atoms with Crippen molar-refractivity contribution in [3.05, 3.63) is 70.2 Å². The summed E-state index contributed by atoms with van der Waals surface area (Å²) in [6.45, 7) is 2.54. The normalized spacial score (nSPS) is 11.2. The molecule has 26 heavy (non-hydrogen) atoms. The average Bonchev–Trinajstić information content (AvgIpc) is 2.60. The molecule has 2 N–H and O–H groups in total. The van der Waals surface area contributed by atoms with E-state index in [1.165, 1.54) is 16.7 Å². The maximum absolute atomic E-state index is 5.91. The fraction of sp³-hybridized carbons (Fsp3) is 0.350. The molecule has 0 spiro atoms. The van der Waals surface area contributed by atoms with E-state index in [0.717, 1.165) is 37.0 Å². The lowest BCUT2D eigenvalue weighted by Crippen LogP contribution is -2.37. The molecule has 0 unspecified atom stereocenters. The highest BCUT2D eigenvalue weighted by Gasteiger charge is 2.00. The predicted octanol–water partition coefficient (Wildman–Crippen LogP) is 3.93. The van der Waals surface area contributed by atoms with Crippen LogP contribution in [0.5, 0.6) is 0 Å². The lowest BCUT2D eigenvalue weighted by Gasteiger charge is -2.13. The Morgan fingerprint density at radius 3 is 2.08 bits per heavy atom. The van der Waals surface area contributed by atoms with Crippen LogP contribution in [0.1, 0.15) is 16.7 Å². The molecule has 0 aliphatic carbocycles. The second kappa shape index (κ2) is 12.1. The lowest BCUT2D eigenvalue weighted by molar-refractivity contribution is 0.402. The summed E-state index contributed by atoms with van der Waals surface area (Å²) in [7, 11) is 5.95. The number of nitrogens with zero attached hydrogens (tertiary/aromatic N) is 2. The molecule has 0 aliphatic heterocycles. The first-order chi connectivity index (χ1) is 12.1. The minimum atomic E-state index is 0. The SMILES string of the molecule is CN=C(NCCc1ccc(Cl)cc1)NCc1ccc(CN(C)C)cc1.I. The second-order valence-electron chi connectivity index (χ2n) is 6.28. The number of aliphatic imine (C=N–C) groups is 1. The maximum atomic E-state index is 5.91. The third-order valence-corrected chi connectivity index (χ3v) is 4.08. The van der Waals surface area contributed by atoms with Crippen LogP contribution < -0.4 is 10.6 Å². The van der Waals surface area contributed by atoms with Gasteiger partial charge in [0.1, 0.15) is 0 Å². The fourth-order valence-corrected chi connectivity index (χ4v) is 2.64. The summed E-state index contributed by atoms with van der Waals surface area (Å²) in [5.74, 6) is 0.811. The van der Waals surface area contributed by atoms with Crippen LogP contribution in [-0.4, -0.2) is 38.5 Å². The van der Waals surface area contributed by atoms with Crippen LogP contribution in [-0.2, 0) is 19.5 Å². The Hall–Kier alpha value is -1.31. The largest absolute Gasteiger partial charge is 0.356 e. The fourth-order valence-electron chi connectivity index (χ4n) is 2.51. The first kappa shape index (κ1) is 22.7. The van der Waals surface area contributed by atoms with E-state index in [0.29, 0.717) is 0 Å². The van der Waals surface area contributed by atoms with E-state index >= 15 is 0 Å². The summed E-state index contributed by atoms with van der Waals surface area (Å²) < 4.78 is 0. The minimum Gasteiger partial charge on any atom is -0.356 e. The minimum absolute atomic E-state index is 0. The second-order valence-corrected chi connectivity index (χ2v) is 6.72. The van der Waals surface area contributed by atoms with Crippen molar-refractivity contribution in [2.75, 3.05) is 27.7 Å². The molecule has 0 bridgehead atoms. The van der Waals surface area contributed by atoms with Crippen molar-refractivity contribution in [3.8, 4) is 0 Å². The molecule has 6 heteroatoms. The van der Waals surface area contributed by atoms with Crippen molar-refractivity contribution >= 4 is 41.5 Å². The highest BCUT2D eigenvalue weighted by Crippen LogP contribution is 2.09. The van der Waals surface area contributed by atoms with Gasteiger partial charge in [-0.2, -0.15) is 0 Å². The summed E-state index contributed by atoms with van der Waals surface area (Å²) in [4.78, 5) is 6.44. The van der Waals surface area contributed by atoms with E-state index in [1.54, 1.807) is 7.05 Å². The zero-order valence-corrected chi connectivity index (χ0v) is 18.7. The molecule has 0 aliphatic rings. The van der Waals surface area contributed by atoms with Crippen LogP contribution in [0.4, 0.5) is 0 Å². The van der Waals surface area contributed by atoms with E-state index in [2.05, 4.69) is 71.0 Å². The number of halogens is 2. The molecule has 0 radical (unpaired) electrons. The molecule has 2 aromatic rings. The molecule has 0 saturated heterocycles. The Labute approximate surface area is 179 Å². The number of benzene rings is 2. The topological polar surface area (TPSA) is 39.7 Å². The van der Waals surface area contributed by atoms with Crippen LogP contribution in [0.3, 0.4) is 0 Å². The molecule has 0 heterocycles. The van der Waals surface area contributed by atoms with Gasteiger partial charge in [0.15, 0.2) is 5.96 Å². The number of hydrogen-bond donors (Lipinski definition) is 2. The number of rotatable bonds is 7. The van der Waals surface area contributed by atoms with Crippen molar-refractivity contribution in [3.63, 3.8) is 0 Å². The molecule has 4 nitrogen and oxygen atoms in total. The van der Waals surface area contributed by atoms with Crippen molar-refractivity contribution in [2.24, 2.45) is 4.99 Å². The van der Waals surface area contributed by atoms with Crippen molar-refractivity contribution in [1.29, 1.82) is 0 Å². The van der Waals surface area contributed by atoms with Gasteiger partial charge in [-0.05, 0) is 49.3 Å². The molecule has 142 valence electrons. The van der Waals surface area contributed by atoms with E-state index in [1.807, 2.05) is 12.1 Å². The van der Waals surface area contributed by atoms with Crippen LogP contribution in [0.15, 0.2) is 53.5 Å². The van der Waals surface area contributed by atoms with Gasteiger partial charge in [-0.25, -0.2) is 0 Å². The Balaban J connectivity index is 0.00000338. The van der Waals surface area contributed by atoms with Gasteiger partial charge in [-0.15, -0.1) is 24.0 Å². The van der Waals surface area contributed by atoms with Crippen LogP contribution in [0, 0.1) is 0 Å². The highest BCUT2D eigenvalue weighted by molar-refractivity contribution is 14.0. The molecule has 0 saturated carbocycles. The Kier molecular flexibility index (Phi) is 10.6. The van der Waals surface area contributed by atoms with Gasteiger partial charge in [0, 0.05) is 31.7 Å². The van der Waals surface area contributed by atoms with Crippen LogP contribution in [0.25, 0.3) is 0 Å². The van der Waals surface area contributed by atoms with Crippen LogP contribution >= 0.6 is 35.6 Å². The summed E-state index contributed by atoms with van der Waals surface area (Å²) in [6.07, 6.45) is 0.928. The summed E-state index contributed by atoms with van der Waals surface area (Å²) in [5.41, 5.74) is 3.81. The number of nitrogens with one attached hydrogen (secondary N) is 2. The zero-order chi connectivity index (χ0) is 18.1. The van der Waals surface area contributed by atoms with E-state index in [9.17, 15) is 0 Å². The molecular weight excluding hydrogens is 459 g/mol. The molecule has 0 amide bonds. The van der Waals surface area contributed by atoms with Gasteiger partial charge in [0.05, 0.1) is 0 Å². The smallest absolute Gasteiger partial charge is 0.191 e. The Bertz CT molecular complexity index is 669. The molecule has 0 aromatic heterocycles. The van der Waals surface area contributed by atoms with Gasteiger partial charge in [0.2, 0.25) is 0 Å². The molecule has 2 aromatic carbocycles. The highest BCUT2D eigenvalue weighted by atomic mass is 127. The number of hydrogen-bond acceptors (Lipinski definition) is 2. The quantitative estimate of drug-likeness (QED) is 0.354. The van der Waals surface area contributed by atoms with Crippen molar-refractivity contribution < 1.29 is 0 Å². The Morgan fingerprint density at radius 2 is 1.50 bits per heavy atom.